The molecule has 0 unspecified atom stereocenters. The van der Waals surface area contributed by atoms with Crippen LogP contribution in [-0.4, -0.2) is 61.1 Å². The van der Waals surface area contributed by atoms with Gasteiger partial charge in [-0.3, -0.25) is 14.7 Å². The van der Waals surface area contributed by atoms with Gasteiger partial charge in [-0.15, -0.1) is 0 Å². The van der Waals surface area contributed by atoms with Gasteiger partial charge in [0.1, 0.15) is 0 Å². The minimum absolute atomic E-state index is 0.144. The zero-order valence-corrected chi connectivity index (χ0v) is 17.6. The van der Waals surface area contributed by atoms with Crippen LogP contribution in [0.5, 0.6) is 0 Å². The smallest absolute Gasteiger partial charge is 0.221 e. The van der Waals surface area contributed by atoms with Gasteiger partial charge in [0.15, 0.2) is 5.96 Å². The first-order chi connectivity index (χ1) is 12.4. The lowest BCUT2D eigenvalue weighted by Gasteiger charge is -2.29. The van der Waals surface area contributed by atoms with E-state index in [1.807, 2.05) is 0 Å². The van der Waals surface area contributed by atoms with Crippen LogP contribution in [0.3, 0.4) is 0 Å². The van der Waals surface area contributed by atoms with Gasteiger partial charge in [0.2, 0.25) is 5.91 Å². The van der Waals surface area contributed by atoms with E-state index in [0.717, 1.165) is 38.4 Å². The van der Waals surface area contributed by atoms with Crippen LogP contribution >= 0.6 is 0 Å². The first-order valence-electron chi connectivity index (χ1n) is 10.5. The Bertz CT molecular complexity index is 408. The summed E-state index contributed by atoms with van der Waals surface area (Å²) in [6.07, 6.45) is 6.54. The number of nitrogens with one attached hydrogen (secondary N) is 3. The molecular weight excluding hydrogens is 326 g/mol. The lowest BCUT2D eigenvalue weighted by molar-refractivity contribution is -0.121. The Morgan fingerprint density at radius 2 is 1.73 bits per heavy atom. The molecule has 1 aliphatic carbocycles. The molecule has 6 nitrogen and oxygen atoms in total. The summed E-state index contributed by atoms with van der Waals surface area (Å²) in [5, 5.41) is 9.70. The molecular formula is C20H41N5O. The van der Waals surface area contributed by atoms with Crippen molar-refractivity contribution in [3.63, 3.8) is 0 Å². The Kier molecular flexibility index (Phi) is 11.3. The van der Waals surface area contributed by atoms with Crippen molar-refractivity contribution in [3.8, 4) is 0 Å². The molecule has 1 fully saturated rings. The highest BCUT2D eigenvalue weighted by atomic mass is 16.1. The van der Waals surface area contributed by atoms with Gasteiger partial charge in [0.25, 0.3) is 0 Å². The molecule has 26 heavy (non-hydrogen) atoms. The third-order valence-corrected chi connectivity index (χ3v) is 4.91. The fourth-order valence-electron chi connectivity index (χ4n) is 3.57. The maximum absolute atomic E-state index is 12.1. The Labute approximate surface area is 160 Å². The van der Waals surface area contributed by atoms with Crippen molar-refractivity contribution >= 4 is 11.9 Å². The summed E-state index contributed by atoms with van der Waals surface area (Å²) in [5.41, 5.74) is 0. The van der Waals surface area contributed by atoms with Crippen LogP contribution in [0.15, 0.2) is 4.99 Å². The second-order valence-electron chi connectivity index (χ2n) is 7.77. The number of aliphatic imine (C=N–C) groups is 1. The highest BCUT2D eigenvalue weighted by molar-refractivity contribution is 5.81. The third-order valence-electron chi connectivity index (χ3n) is 4.91. The fraction of sp³-hybridized carbons (Fsp3) is 0.900. The van der Waals surface area contributed by atoms with Crippen molar-refractivity contribution in [2.75, 3.05) is 26.2 Å². The molecule has 1 aliphatic rings. The zero-order valence-electron chi connectivity index (χ0n) is 17.6. The number of hydrogen-bond donors (Lipinski definition) is 3. The first-order valence-corrected chi connectivity index (χ1v) is 10.5. The van der Waals surface area contributed by atoms with Crippen LogP contribution < -0.4 is 16.0 Å². The molecule has 0 spiro atoms. The van der Waals surface area contributed by atoms with Crippen molar-refractivity contribution in [1.29, 1.82) is 0 Å². The Hall–Kier alpha value is -1.30. The molecule has 1 saturated carbocycles. The average molecular weight is 368 g/mol. The van der Waals surface area contributed by atoms with Crippen molar-refractivity contribution in [1.82, 2.24) is 20.9 Å². The van der Waals surface area contributed by atoms with Gasteiger partial charge in [-0.1, -0.05) is 19.3 Å². The van der Waals surface area contributed by atoms with E-state index in [9.17, 15) is 4.79 Å². The minimum atomic E-state index is 0.144. The number of guanidine groups is 1. The third kappa shape index (κ3) is 9.41. The quantitative estimate of drug-likeness (QED) is 0.410. The molecule has 3 N–H and O–H groups in total. The van der Waals surface area contributed by atoms with Gasteiger partial charge >= 0.3 is 0 Å². The van der Waals surface area contributed by atoms with E-state index in [0.29, 0.717) is 31.1 Å². The summed E-state index contributed by atoms with van der Waals surface area (Å²) in [7, 11) is 0. The van der Waals surface area contributed by atoms with Crippen LogP contribution in [0.25, 0.3) is 0 Å². The average Bonchev–Trinajstić information content (AvgIpc) is 2.58. The Balaban J connectivity index is 2.33. The maximum Gasteiger partial charge on any atom is 0.221 e. The molecule has 0 aromatic carbocycles. The summed E-state index contributed by atoms with van der Waals surface area (Å²) in [5.74, 6) is 0.941. The van der Waals surface area contributed by atoms with E-state index in [1.165, 1.54) is 19.3 Å². The summed E-state index contributed by atoms with van der Waals surface area (Å²) in [6, 6.07) is 1.42. The van der Waals surface area contributed by atoms with E-state index in [1.54, 1.807) is 0 Å². The maximum atomic E-state index is 12.1. The van der Waals surface area contributed by atoms with Crippen molar-refractivity contribution in [2.24, 2.45) is 4.99 Å². The van der Waals surface area contributed by atoms with Gasteiger partial charge in [-0.25, -0.2) is 0 Å². The number of hydrogen-bond acceptors (Lipinski definition) is 3. The van der Waals surface area contributed by atoms with Crippen molar-refractivity contribution in [3.05, 3.63) is 0 Å². The SMILES string of the molecule is CCNC(=NCCN(C(C)C)C(C)C)NCCC(=O)NC1CCCCC1. The molecule has 0 aliphatic heterocycles. The van der Waals surface area contributed by atoms with Crippen LogP contribution in [0.4, 0.5) is 0 Å². The van der Waals surface area contributed by atoms with Crippen molar-refractivity contribution < 1.29 is 4.79 Å². The number of amides is 1. The molecule has 0 atom stereocenters. The molecule has 0 heterocycles. The monoisotopic (exact) mass is 367 g/mol. The van der Waals surface area contributed by atoms with E-state index >= 15 is 0 Å². The molecule has 0 saturated heterocycles. The summed E-state index contributed by atoms with van der Waals surface area (Å²) >= 11 is 0. The van der Waals surface area contributed by atoms with Crippen LogP contribution in [0.1, 0.15) is 73.1 Å². The molecule has 0 aromatic heterocycles. The fourth-order valence-corrected chi connectivity index (χ4v) is 3.57. The predicted molar refractivity (Wildman–Crippen MR) is 111 cm³/mol. The Morgan fingerprint density at radius 1 is 1.08 bits per heavy atom. The van der Waals surface area contributed by atoms with Crippen molar-refractivity contribution in [2.45, 2.75) is 91.3 Å². The van der Waals surface area contributed by atoms with E-state index in [-0.39, 0.29) is 5.91 Å². The highest BCUT2D eigenvalue weighted by Gasteiger charge is 2.15. The van der Waals surface area contributed by atoms with Crippen LogP contribution in [-0.2, 0) is 4.79 Å². The minimum Gasteiger partial charge on any atom is -0.357 e. The number of rotatable bonds is 10. The summed E-state index contributed by atoms with van der Waals surface area (Å²) < 4.78 is 0. The Morgan fingerprint density at radius 3 is 2.31 bits per heavy atom. The van der Waals surface area contributed by atoms with E-state index in [4.69, 9.17) is 0 Å². The topological polar surface area (TPSA) is 68.8 Å². The van der Waals surface area contributed by atoms with Gasteiger partial charge in [-0.2, -0.15) is 0 Å². The van der Waals surface area contributed by atoms with Gasteiger partial charge < -0.3 is 16.0 Å². The molecule has 0 radical (unpaired) electrons. The summed E-state index contributed by atoms with van der Waals surface area (Å²) in [6.45, 7) is 14.1. The molecule has 152 valence electrons. The van der Waals surface area contributed by atoms with Crippen LogP contribution in [0.2, 0.25) is 0 Å². The lowest BCUT2D eigenvalue weighted by Crippen LogP contribution is -2.42. The zero-order chi connectivity index (χ0) is 19.4. The molecule has 1 rings (SSSR count). The highest BCUT2D eigenvalue weighted by Crippen LogP contribution is 2.17. The summed E-state index contributed by atoms with van der Waals surface area (Å²) in [4.78, 5) is 19.2. The molecule has 1 amide bonds. The predicted octanol–water partition coefficient (Wildman–Crippen LogP) is 2.50. The van der Waals surface area contributed by atoms with E-state index < -0.39 is 0 Å². The van der Waals surface area contributed by atoms with Gasteiger partial charge in [-0.05, 0) is 47.5 Å². The van der Waals surface area contributed by atoms with Crippen LogP contribution in [0, 0.1) is 0 Å². The van der Waals surface area contributed by atoms with Gasteiger partial charge in [0.05, 0.1) is 6.54 Å². The first kappa shape index (κ1) is 22.7. The number of nitrogens with zero attached hydrogens (tertiary/aromatic N) is 2. The van der Waals surface area contributed by atoms with Gasteiger partial charge in [0, 0.05) is 44.2 Å². The molecule has 0 aromatic rings. The normalized spacial score (nSPS) is 16.4. The second kappa shape index (κ2) is 13.0. The molecule has 6 heteroatoms. The second-order valence-corrected chi connectivity index (χ2v) is 7.77. The van der Waals surface area contributed by atoms with E-state index in [2.05, 4.69) is 60.5 Å². The number of carbonyl (C=O) groups is 1. The lowest BCUT2D eigenvalue weighted by atomic mass is 9.95. The molecule has 0 bridgehead atoms. The number of carbonyl (C=O) groups excluding carboxylic acids is 1. The largest absolute Gasteiger partial charge is 0.357 e. The standard InChI is InChI=1S/C20H41N5O/c1-6-21-20(23-14-15-25(16(2)3)17(4)5)22-13-12-19(26)24-18-10-8-7-9-11-18/h16-18H,6-15H2,1-5H3,(H,24,26)(H2,21,22,23).